The molecule has 0 aromatic heterocycles. The first kappa shape index (κ1) is 17.8. The lowest BCUT2D eigenvalue weighted by Crippen LogP contribution is -2.36. The number of rotatable bonds is 5. The van der Waals surface area contributed by atoms with Crippen molar-refractivity contribution in [3.05, 3.63) is 75.3 Å². The summed E-state index contributed by atoms with van der Waals surface area (Å²) < 4.78 is 5.35. The van der Waals surface area contributed by atoms with Crippen LogP contribution in [0.15, 0.2) is 48.5 Å². The molecular weight excluding hydrogens is 332 g/mol. The van der Waals surface area contributed by atoms with Gasteiger partial charge in [0.05, 0.1) is 18.1 Å². The fraction of sp³-hybridized carbons (Fsp3) is 0.250. The highest BCUT2D eigenvalue weighted by molar-refractivity contribution is 6.07. The molecule has 1 saturated heterocycles. The van der Waals surface area contributed by atoms with Crippen molar-refractivity contribution < 1.29 is 14.5 Å². The fourth-order valence-electron chi connectivity index (χ4n) is 2.87. The number of ether oxygens (including phenoxy) is 1. The van der Waals surface area contributed by atoms with E-state index in [2.05, 4.69) is 4.90 Å². The average Bonchev–Trinajstić information content (AvgIpc) is 2.67. The number of aryl methyl sites for hydroxylation is 1. The van der Waals surface area contributed by atoms with Gasteiger partial charge in [0.25, 0.3) is 5.69 Å². The van der Waals surface area contributed by atoms with Crippen LogP contribution in [-0.2, 0) is 4.74 Å². The van der Waals surface area contributed by atoms with Crippen molar-refractivity contribution in [2.24, 2.45) is 0 Å². The fourth-order valence-corrected chi connectivity index (χ4v) is 2.87. The summed E-state index contributed by atoms with van der Waals surface area (Å²) in [5, 5.41) is 11.0. The van der Waals surface area contributed by atoms with E-state index in [1.807, 2.05) is 18.2 Å². The third kappa shape index (κ3) is 4.15. The molecule has 0 aliphatic carbocycles. The molecule has 0 saturated carbocycles. The number of carbonyl (C=O) groups excluding carboxylic acids is 1. The van der Waals surface area contributed by atoms with Gasteiger partial charge in [-0.15, -0.1) is 0 Å². The maximum Gasteiger partial charge on any atom is 0.272 e. The molecule has 1 aliphatic heterocycles. The number of nitro groups is 1. The van der Waals surface area contributed by atoms with Crippen molar-refractivity contribution in [1.82, 2.24) is 0 Å². The van der Waals surface area contributed by atoms with Gasteiger partial charge >= 0.3 is 0 Å². The van der Waals surface area contributed by atoms with Gasteiger partial charge in [0.1, 0.15) is 0 Å². The van der Waals surface area contributed by atoms with Crippen LogP contribution in [0.3, 0.4) is 0 Å². The molecule has 134 valence electrons. The van der Waals surface area contributed by atoms with Gasteiger partial charge in [-0.25, -0.2) is 0 Å². The number of hydrogen-bond donors (Lipinski definition) is 0. The molecule has 1 aliphatic rings. The number of morpholine rings is 1. The summed E-state index contributed by atoms with van der Waals surface area (Å²) in [5.41, 5.74) is 2.86. The molecule has 2 aromatic rings. The smallest absolute Gasteiger partial charge is 0.272 e. The molecular formula is C20H20N2O4. The molecule has 6 nitrogen and oxygen atoms in total. The van der Waals surface area contributed by atoms with Crippen LogP contribution in [0.25, 0.3) is 6.08 Å². The van der Waals surface area contributed by atoms with Crippen LogP contribution in [0, 0.1) is 17.0 Å². The third-order valence-electron chi connectivity index (χ3n) is 4.36. The number of ketones is 1. The Bertz CT molecular complexity index is 855. The van der Waals surface area contributed by atoms with Crippen molar-refractivity contribution in [1.29, 1.82) is 0 Å². The molecule has 3 rings (SSSR count). The van der Waals surface area contributed by atoms with Crippen LogP contribution in [0.4, 0.5) is 11.4 Å². The van der Waals surface area contributed by atoms with Crippen molar-refractivity contribution >= 4 is 23.2 Å². The molecule has 0 spiro atoms. The summed E-state index contributed by atoms with van der Waals surface area (Å²) in [6, 6.07) is 12.4. The number of anilines is 1. The zero-order valence-corrected chi connectivity index (χ0v) is 14.6. The Hall–Kier alpha value is -2.99. The third-order valence-corrected chi connectivity index (χ3v) is 4.36. The van der Waals surface area contributed by atoms with E-state index >= 15 is 0 Å². The highest BCUT2D eigenvalue weighted by atomic mass is 16.6. The van der Waals surface area contributed by atoms with E-state index < -0.39 is 4.92 Å². The van der Waals surface area contributed by atoms with Crippen LogP contribution in [-0.4, -0.2) is 37.0 Å². The molecule has 0 N–H and O–H groups in total. The van der Waals surface area contributed by atoms with E-state index in [0.717, 1.165) is 18.8 Å². The normalized spacial score (nSPS) is 14.6. The van der Waals surface area contributed by atoms with Gasteiger partial charge in [-0.2, -0.15) is 0 Å². The van der Waals surface area contributed by atoms with E-state index in [1.54, 1.807) is 31.2 Å². The van der Waals surface area contributed by atoms with Crippen LogP contribution in [0.2, 0.25) is 0 Å². The van der Waals surface area contributed by atoms with Gasteiger partial charge in [-0.05, 0) is 30.7 Å². The predicted octanol–water partition coefficient (Wildman–Crippen LogP) is 3.64. The van der Waals surface area contributed by atoms with Crippen LogP contribution < -0.4 is 4.90 Å². The molecule has 0 unspecified atom stereocenters. The van der Waals surface area contributed by atoms with Gasteiger partial charge in [-0.3, -0.25) is 14.9 Å². The SMILES string of the molecule is Cc1ccc(/C=C/C(=O)c2cccc(N3CCOCC3)c2)cc1[N+](=O)[O-]. The molecule has 1 heterocycles. The molecule has 1 fully saturated rings. The Kier molecular flexibility index (Phi) is 5.43. The summed E-state index contributed by atoms with van der Waals surface area (Å²) in [4.78, 5) is 25.3. The van der Waals surface area contributed by atoms with Gasteiger partial charge < -0.3 is 9.64 Å². The minimum absolute atomic E-state index is 0.0499. The number of hydrogen-bond acceptors (Lipinski definition) is 5. The Morgan fingerprint density at radius 3 is 2.69 bits per heavy atom. The lowest BCUT2D eigenvalue weighted by molar-refractivity contribution is -0.385. The number of allylic oxidation sites excluding steroid dienone is 1. The Labute approximate surface area is 151 Å². The lowest BCUT2D eigenvalue weighted by Gasteiger charge is -2.29. The predicted molar refractivity (Wildman–Crippen MR) is 101 cm³/mol. The van der Waals surface area contributed by atoms with Crippen molar-refractivity contribution in [2.45, 2.75) is 6.92 Å². The average molecular weight is 352 g/mol. The van der Waals surface area contributed by atoms with E-state index in [9.17, 15) is 14.9 Å². The summed E-state index contributed by atoms with van der Waals surface area (Å²) in [7, 11) is 0. The lowest BCUT2D eigenvalue weighted by atomic mass is 10.1. The Morgan fingerprint density at radius 1 is 1.19 bits per heavy atom. The molecule has 0 amide bonds. The van der Waals surface area contributed by atoms with Gasteiger partial charge in [0.15, 0.2) is 5.78 Å². The topological polar surface area (TPSA) is 72.7 Å². The van der Waals surface area contributed by atoms with E-state index in [0.29, 0.717) is 29.9 Å². The minimum Gasteiger partial charge on any atom is -0.378 e. The molecule has 0 radical (unpaired) electrons. The van der Waals surface area contributed by atoms with Crippen molar-refractivity contribution in [3.63, 3.8) is 0 Å². The van der Waals surface area contributed by atoms with E-state index in [-0.39, 0.29) is 11.5 Å². The second-order valence-corrected chi connectivity index (χ2v) is 6.15. The van der Waals surface area contributed by atoms with Crippen molar-refractivity contribution in [2.75, 3.05) is 31.2 Å². The maximum atomic E-state index is 12.5. The summed E-state index contributed by atoms with van der Waals surface area (Å²) >= 11 is 0. The monoisotopic (exact) mass is 352 g/mol. The van der Waals surface area contributed by atoms with Crippen molar-refractivity contribution in [3.8, 4) is 0 Å². The zero-order valence-electron chi connectivity index (χ0n) is 14.6. The number of nitrogens with zero attached hydrogens (tertiary/aromatic N) is 2. The Balaban J connectivity index is 1.76. The second kappa shape index (κ2) is 7.93. The number of carbonyl (C=O) groups is 1. The summed E-state index contributed by atoms with van der Waals surface area (Å²) in [5.74, 6) is -0.136. The molecule has 6 heteroatoms. The Morgan fingerprint density at radius 2 is 1.96 bits per heavy atom. The van der Waals surface area contributed by atoms with Gasteiger partial charge in [-0.1, -0.05) is 30.3 Å². The van der Waals surface area contributed by atoms with Crippen LogP contribution in [0.5, 0.6) is 0 Å². The molecule has 2 aromatic carbocycles. The van der Waals surface area contributed by atoms with E-state index in [4.69, 9.17) is 4.74 Å². The second-order valence-electron chi connectivity index (χ2n) is 6.15. The largest absolute Gasteiger partial charge is 0.378 e. The maximum absolute atomic E-state index is 12.5. The summed E-state index contributed by atoms with van der Waals surface area (Å²) in [6.45, 7) is 4.67. The van der Waals surface area contributed by atoms with Gasteiger partial charge in [0.2, 0.25) is 0 Å². The zero-order chi connectivity index (χ0) is 18.5. The first-order valence-electron chi connectivity index (χ1n) is 8.45. The summed E-state index contributed by atoms with van der Waals surface area (Å²) in [6.07, 6.45) is 3.06. The number of benzene rings is 2. The highest BCUT2D eigenvalue weighted by Crippen LogP contribution is 2.21. The molecule has 0 bridgehead atoms. The quantitative estimate of drug-likeness (QED) is 0.355. The van der Waals surface area contributed by atoms with Crippen LogP contribution in [0.1, 0.15) is 21.5 Å². The minimum atomic E-state index is -0.416. The highest BCUT2D eigenvalue weighted by Gasteiger charge is 2.13. The van der Waals surface area contributed by atoms with E-state index in [1.165, 1.54) is 12.1 Å². The van der Waals surface area contributed by atoms with Gasteiger partial charge in [0, 0.05) is 36.0 Å². The molecule has 26 heavy (non-hydrogen) atoms. The first-order valence-corrected chi connectivity index (χ1v) is 8.45. The number of nitro benzene ring substituents is 1. The van der Waals surface area contributed by atoms with Crippen LogP contribution >= 0.6 is 0 Å². The molecule has 0 atom stereocenters. The first-order chi connectivity index (χ1) is 12.5. The standard InChI is InChI=1S/C20H20N2O4/c1-15-5-6-16(13-19(15)22(24)25)7-8-20(23)17-3-2-4-18(14-17)21-9-11-26-12-10-21/h2-8,13-14H,9-12H2,1H3/b8-7+.